The van der Waals surface area contributed by atoms with Crippen LogP contribution in [0.25, 0.3) is 10.9 Å². The molecule has 0 saturated heterocycles. The number of benzene rings is 2. The Morgan fingerprint density at radius 2 is 1.97 bits per heavy atom. The molecule has 6 nitrogen and oxygen atoms in total. The maximum absolute atomic E-state index is 13.6. The van der Waals surface area contributed by atoms with Gasteiger partial charge in [-0.3, -0.25) is 9.59 Å². The van der Waals surface area contributed by atoms with Crippen LogP contribution in [-0.2, 0) is 17.6 Å². The first-order valence-electron chi connectivity index (χ1n) is 10.8. The van der Waals surface area contributed by atoms with Crippen LogP contribution in [0.1, 0.15) is 35.0 Å². The van der Waals surface area contributed by atoms with Gasteiger partial charge in [-0.25, -0.2) is 0 Å². The standard InChI is InChI=1S/C25H27N3O3/c1-15-8-10-19-17(12-15)18-13-16(9-11-20(18)26-19)24(29)28-14-23(25(30)27(2)3)31-22-7-5-4-6-21(22)28/h4-7,9,11,13,15,23,26H,8,10,12,14H2,1-3H3/t15-,23-/m1/s1. The summed E-state index contributed by atoms with van der Waals surface area (Å²) in [6.45, 7) is 2.47. The van der Waals surface area contributed by atoms with Crippen molar-refractivity contribution < 1.29 is 14.3 Å². The Kier molecular flexibility index (Phi) is 4.73. The zero-order valence-electron chi connectivity index (χ0n) is 18.1. The lowest BCUT2D eigenvalue weighted by Crippen LogP contribution is -2.50. The van der Waals surface area contributed by atoms with Crippen LogP contribution in [0.3, 0.4) is 0 Å². The van der Waals surface area contributed by atoms with Gasteiger partial charge in [-0.2, -0.15) is 0 Å². The molecule has 0 unspecified atom stereocenters. The third-order valence-corrected chi connectivity index (χ3v) is 6.42. The van der Waals surface area contributed by atoms with E-state index in [1.54, 1.807) is 25.1 Å². The van der Waals surface area contributed by atoms with Gasteiger partial charge in [-0.15, -0.1) is 0 Å². The predicted octanol–water partition coefficient (Wildman–Crippen LogP) is 3.79. The molecule has 1 N–H and O–H groups in total. The molecule has 160 valence electrons. The van der Waals surface area contributed by atoms with Gasteiger partial charge in [0.15, 0.2) is 6.10 Å². The first-order chi connectivity index (χ1) is 14.9. The number of para-hydroxylation sites is 2. The van der Waals surface area contributed by atoms with Gasteiger partial charge in [-0.05, 0) is 61.1 Å². The normalized spacial score (nSPS) is 20.0. The van der Waals surface area contributed by atoms with Crippen molar-refractivity contribution in [3.8, 4) is 5.75 Å². The molecule has 0 radical (unpaired) electrons. The highest BCUT2D eigenvalue weighted by molar-refractivity contribution is 6.09. The zero-order valence-corrected chi connectivity index (χ0v) is 18.1. The van der Waals surface area contributed by atoms with Gasteiger partial charge in [0.25, 0.3) is 11.8 Å². The molecule has 1 aliphatic carbocycles. The number of fused-ring (bicyclic) bond motifs is 4. The molecule has 0 spiro atoms. The number of carbonyl (C=O) groups is 2. The highest BCUT2D eigenvalue weighted by Crippen LogP contribution is 2.36. The number of likely N-dealkylation sites (N-methyl/N-ethyl adjacent to an activating group) is 1. The monoisotopic (exact) mass is 417 g/mol. The van der Waals surface area contributed by atoms with Crippen molar-refractivity contribution in [3.63, 3.8) is 0 Å². The van der Waals surface area contributed by atoms with Crippen LogP contribution in [0.4, 0.5) is 5.69 Å². The van der Waals surface area contributed by atoms with Crippen molar-refractivity contribution in [2.24, 2.45) is 5.92 Å². The maximum Gasteiger partial charge on any atom is 0.265 e. The van der Waals surface area contributed by atoms with E-state index in [0.717, 1.165) is 23.7 Å². The number of rotatable bonds is 2. The third kappa shape index (κ3) is 3.36. The van der Waals surface area contributed by atoms with Crippen molar-refractivity contribution in [1.82, 2.24) is 9.88 Å². The van der Waals surface area contributed by atoms with E-state index in [1.807, 2.05) is 36.4 Å². The minimum atomic E-state index is -0.724. The Morgan fingerprint density at radius 3 is 2.77 bits per heavy atom. The topological polar surface area (TPSA) is 65.6 Å². The lowest BCUT2D eigenvalue weighted by molar-refractivity contribution is -0.135. The van der Waals surface area contributed by atoms with Gasteiger partial charge < -0.3 is 19.5 Å². The Morgan fingerprint density at radius 1 is 1.16 bits per heavy atom. The van der Waals surface area contributed by atoms with Crippen LogP contribution in [0, 0.1) is 5.92 Å². The minimum Gasteiger partial charge on any atom is -0.476 e. The van der Waals surface area contributed by atoms with Gasteiger partial charge >= 0.3 is 0 Å². The van der Waals surface area contributed by atoms with Crippen LogP contribution < -0.4 is 9.64 Å². The Hall–Kier alpha value is -3.28. The molecule has 2 aromatic carbocycles. The Bertz CT molecular complexity index is 1180. The quantitative estimate of drug-likeness (QED) is 0.690. The van der Waals surface area contributed by atoms with E-state index in [4.69, 9.17) is 4.74 Å². The summed E-state index contributed by atoms with van der Waals surface area (Å²) >= 11 is 0. The van der Waals surface area contributed by atoms with E-state index in [2.05, 4.69) is 11.9 Å². The first kappa shape index (κ1) is 19.7. The molecule has 0 saturated carbocycles. The zero-order chi connectivity index (χ0) is 21.7. The Labute approximate surface area is 181 Å². The lowest BCUT2D eigenvalue weighted by atomic mass is 9.87. The molecule has 2 atom stereocenters. The van der Waals surface area contributed by atoms with Crippen molar-refractivity contribution in [1.29, 1.82) is 0 Å². The van der Waals surface area contributed by atoms with Crippen molar-refractivity contribution >= 4 is 28.4 Å². The highest BCUT2D eigenvalue weighted by atomic mass is 16.5. The molecule has 2 heterocycles. The van der Waals surface area contributed by atoms with E-state index in [-0.39, 0.29) is 18.4 Å². The number of aromatic amines is 1. The summed E-state index contributed by atoms with van der Waals surface area (Å²) in [5, 5.41) is 1.13. The second-order valence-electron chi connectivity index (χ2n) is 8.91. The highest BCUT2D eigenvalue weighted by Gasteiger charge is 2.35. The summed E-state index contributed by atoms with van der Waals surface area (Å²) < 4.78 is 5.93. The second kappa shape index (κ2) is 7.45. The van der Waals surface area contributed by atoms with Crippen LogP contribution >= 0.6 is 0 Å². The Balaban J connectivity index is 1.53. The van der Waals surface area contributed by atoms with Crippen molar-refractivity contribution in [2.75, 3.05) is 25.5 Å². The van der Waals surface area contributed by atoms with E-state index >= 15 is 0 Å². The number of ether oxygens (including phenoxy) is 1. The number of anilines is 1. The van der Waals surface area contributed by atoms with E-state index in [9.17, 15) is 9.59 Å². The molecule has 1 aliphatic heterocycles. The second-order valence-corrected chi connectivity index (χ2v) is 8.91. The fourth-order valence-electron chi connectivity index (χ4n) is 4.72. The minimum absolute atomic E-state index is 0.118. The largest absolute Gasteiger partial charge is 0.476 e. The van der Waals surface area contributed by atoms with Crippen LogP contribution in [0.15, 0.2) is 42.5 Å². The molecule has 3 aromatic rings. The van der Waals surface area contributed by atoms with Crippen LogP contribution in [-0.4, -0.2) is 48.4 Å². The van der Waals surface area contributed by atoms with E-state index < -0.39 is 6.10 Å². The lowest BCUT2D eigenvalue weighted by Gasteiger charge is -2.35. The van der Waals surface area contributed by atoms with Gasteiger partial charge in [-0.1, -0.05) is 19.1 Å². The summed E-state index contributed by atoms with van der Waals surface area (Å²) in [4.78, 5) is 32.9. The van der Waals surface area contributed by atoms with Gasteiger partial charge in [0.1, 0.15) is 5.75 Å². The van der Waals surface area contributed by atoms with Gasteiger partial charge in [0, 0.05) is 36.3 Å². The van der Waals surface area contributed by atoms with Crippen LogP contribution in [0.5, 0.6) is 5.75 Å². The molecule has 2 aliphatic rings. The number of H-pyrrole nitrogens is 1. The number of nitrogens with zero attached hydrogens (tertiary/aromatic N) is 2. The first-order valence-corrected chi connectivity index (χ1v) is 10.8. The number of hydrogen-bond donors (Lipinski definition) is 1. The summed E-state index contributed by atoms with van der Waals surface area (Å²) in [6.07, 6.45) is 2.56. The number of nitrogens with one attached hydrogen (secondary N) is 1. The van der Waals surface area contributed by atoms with Gasteiger partial charge in [0.05, 0.1) is 12.2 Å². The molecule has 2 amide bonds. The number of hydrogen-bond acceptors (Lipinski definition) is 3. The smallest absolute Gasteiger partial charge is 0.265 e. The maximum atomic E-state index is 13.6. The number of aryl methyl sites for hydroxylation is 1. The summed E-state index contributed by atoms with van der Waals surface area (Å²) in [7, 11) is 3.39. The van der Waals surface area contributed by atoms with E-state index in [1.165, 1.54) is 22.6 Å². The molecule has 6 heteroatoms. The summed E-state index contributed by atoms with van der Waals surface area (Å²) in [5.74, 6) is 0.926. The summed E-state index contributed by atoms with van der Waals surface area (Å²) in [6, 6.07) is 13.3. The summed E-state index contributed by atoms with van der Waals surface area (Å²) in [5.41, 5.74) is 5.04. The van der Waals surface area contributed by atoms with Gasteiger partial charge in [0.2, 0.25) is 0 Å². The molecular weight excluding hydrogens is 390 g/mol. The molecule has 31 heavy (non-hydrogen) atoms. The third-order valence-electron chi connectivity index (χ3n) is 6.42. The molecule has 1 aromatic heterocycles. The molecule has 0 fully saturated rings. The van der Waals surface area contributed by atoms with Crippen molar-refractivity contribution in [2.45, 2.75) is 32.3 Å². The number of carbonyl (C=O) groups excluding carboxylic acids is 2. The average molecular weight is 418 g/mol. The molecule has 5 rings (SSSR count). The van der Waals surface area contributed by atoms with Crippen molar-refractivity contribution in [3.05, 3.63) is 59.3 Å². The SMILES string of the molecule is C[C@@H]1CCc2[nH]c3ccc(C(=O)N4C[C@H](C(=O)N(C)C)Oc5ccccc54)cc3c2C1. The fraction of sp³-hybridized carbons (Fsp3) is 0.360. The predicted molar refractivity (Wildman–Crippen MR) is 121 cm³/mol. The number of amides is 2. The fourth-order valence-corrected chi connectivity index (χ4v) is 4.72. The molecule has 0 bridgehead atoms. The average Bonchev–Trinajstić information content (AvgIpc) is 3.14. The molecular formula is C25H27N3O3. The van der Waals surface area contributed by atoms with Crippen LogP contribution in [0.2, 0.25) is 0 Å². The van der Waals surface area contributed by atoms with E-state index in [0.29, 0.717) is 22.9 Å². The number of aromatic nitrogens is 1.